The van der Waals surface area contributed by atoms with Gasteiger partial charge in [-0.25, -0.2) is 17.4 Å². The minimum atomic E-state index is -4.83. The van der Waals surface area contributed by atoms with Crippen LogP contribution in [0.4, 0.5) is 13.2 Å². The van der Waals surface area contributed by atoms with Gasteiger partial charge in [-0.15, -0.1) is 0 Å². The van der Waals surface area contributed by atoms with Crippen LogP contribution in [0, 0.1) is 0 Å². The summed E-state index contributed by atoms with van der Waals surface area (Å²) in [5.74, 6) is -0.864. The third-order valence-corrected chi connectivity index (χ3v) is 7.29. The van der Waals surface area contributed by atoms with Gasteiger partial charge in [0.05, 0.1) is 23.2 Å². The number of piperidine rings is 1. The molecular formula is C19H22ClF3N4O3S. The Labute approximate surface area is 183 Å². The predicted molar refractivity (Wildman–Crippen MR) is 110 cm³/mol. The van der Waals surface area contributed by atoms with Gasteiger partial charge in [0.1, 0.15) is 0 Å². The molecule has 1 saturated heterocycles. The summed E-state index contributed by atoms with van der Waals surface area (Å²) in [5, 5.41) is 6.58. The number of alkyl halides is 3. The van der Waals surface area contributed by atoms with Gasteiger partial charge in [0.25, 0.3) is 5.91 Å². The van der Waals surface area contributed by atoms with Gasteiger partial charge in [0.15, 0.2) is 5.69 Å². The van der Waals surface area contributed by atoms with Crippen molar-refractivity contribution in [3.63, 3.8) is 0 Å². The zero-order valence-corrected chi connectivity index (χ0v) is 18.3. The molecular weight excluding hydrogens is 457 g/mol. The molecule has 1 aliphatic heterocycles. The Hall–Kier alpha value is -2.11. The molecule has 2 heterocycles. The number of halogens is 4. The molecule has 0 spiro atoms. The highest BCUT2D eigenvalue weighted by Crippen LogP contribution is 2.34. The lowest BCUT2D eigenvalue weighted by Crippen LogP contribution is -2.47. The van der Waals surface area contributed by atoms with Crippen LogP contribution < -0.4 is 5.32 Å². The van der Waals surface area contributed by atoms with E-state index in [1.165, 1.54) is 28.6 Å². The van der Waals surface area contributed by atoms with E-state index in [1.807, 2.05) is 0 Å². The highest BCUT2D eigenvalue weighted by molar-refractivity contribution is 7.89. The molecule has 1 amide bonds. The number of amides is 1. The Morgan fingerprint density at radius 1 is 1.29 bits per heavy atom. The average molecular weight is 479 g/mol. The number of nitrogens with zero attached hydrogens (tertiary/aromatic N) is 3. The second-order valence-electron chi connectivity index (χ2n) is 7.26. The fraction of sp³-hybridized carbons (Fsp3) is 0.474. The number of hydrogen-bond acceptors (Lipinski definition) is 4. The Morgan fingerprint density at radius 3 is 2.55 bits per heavy atom. The molecule has 0 radical (unpaired) electrons. The summed E-state index contributed by atoms with van der Waals surface area (Å²) < 4.78 is 67.6. The van der Waals surface area contributed by atoms with Gasteiger partial charge in [-0.3, -0.25) is 4.79 Å². The first-order chi connectivity index (χ1) is 14.5. The number of rotatable bonds is 6. The van der Waals surface area contributed by atoms with Gasteiger partial charge in [0.2, 0.25) is 10.0 Å². The van der Waals surface area contributed by atoms with Crippen molar-refractivity contribution in [2.24, 2.45) is 0 Å². The standard InChI is InChI=1S/C19H22ClF3N4O3S/c1-2-10-31(29,30)26-8-6-14(7-9-26)25-18(28)16-12-24-27(17(16)19(21,22)23)15-5-3-4-13(20)11-15/h3-5,11-12,14H,2,6-10H2,1H3,(H,25,28). The van der Waals surface area contributed by atoms with E-state index in [0.29, 0.717) is 23.9 Å². The van der Waals surface area contributed by atoms with Crippen LogP contribution >= 0.6 is 11.6 Å². The maximum Gasteiger partial charge on any atom is 0.434 e. The number of carbonyl (C=O) groups is 1. The van der Waals surface area contributed by atoms with Crippen molar-refractivity contribution >= 4 is 27.5 Å². The molecule has 12 heteroatoms. The third kappa shape index (κ3) is 5.39. The predicted octanol–water partition coefficient (Wildman–Crippen LogP) is 3.48. The van der Waals surface area contributed by atoms with Crippen molar-refractivity contribution < 1.29 is 26.4 Å². The second-order valence-corrected chi connectivity index (χ2v) is 9.78. The summed E-state index contributed by atoms with van der Waals surface area (Å²) in [4.78, 5) is 12.7. The van der Waals surface area contributed by atoms with Crippen molar-refractivity contribution in [1.29, 1.82) is 0 Å². The van der Waals surface area contributed by atoms with E-state index < -0.39 is 39.4 Å². The van der Waals surface area contributed by atoms with Crippen LogP contribution in [-0.4, -0.2) is 53.3 Å². The van der Waals surface area contributed by atoms with Gasteiger partial charge < -0.3 is 5.32 Å². The largest absolute Gasteiger partial charge is 0.434 e. The Bertz CT molecular complexity index is 1050. The van der Waals surface area contributed by atoms with Crippen LogP contribution in [0.1, 0.15) is 42.2 Å². The molecule has 1 aromatic heterocycles. The van der Waals surface area contributed by atoms with E-state index in [9.17, 15) is 26.4 Å². The molecule has 0 atom stereocenters. The lowest BCUT2D eigenvalue weighted by atomic mass is 10.1. The first-order valence-electron chi connectivity index (χ1n) is 9.72. The van der Waals surface area contributed by atoms with Gasteiger partial charge in [-0.05, 0) is 37.5 Å². The molecule has 0 saturated carbocycles. The van der Waals surface area contributed by atoms with Crippen molar-refractivity contribution in [1.82, 2.24) is 19.4 Å². The summed E-state index contributed by atoms with van der Waals surface area (Å²) in [5.41, 5.74) is -1.72. The molecule has 1 N–H and O–H groups in total. The number of carbonyl (C=O) groups excluding carboxylic acids is 1. The summed E-state index contributed by atoms with van der Waals surface area (Å²) >= 11 is 5.87. The molecule has 31 heavy (non-hydrogen) atoms. The van der Waals surface area contributed by atoms with Crippen molar-refractivity contribution in [2.45, 2.75) is 38.4 Å². The summed E-state index contributed by atoms with van der Waals surface area (Å²) in [6, 6.07) is 5.29. The highest BCUT2D eigenvalue weighted by Gasteiger charge is 2.41. The van der Waals surface area contributed by atoms with E-state index in [0.717, 1.165) is 6.20 Å². The summed E-state index contributed by atoms with van der Waals surface area (Å²) in [7, 11) is -3.35. The molecule has 3 rings (SSSR count). The van der Waals surface area contributed by atoms with Crippen LogP contribution in [0.15, 0.2) is 30.5 Å². The average Bonchev–Trinajstić information content (AvgIpc) is 3.14. The SMILES string of the molecule is CCCS(=O)(=O)N1CCC(NC(=O)c2cnn(-c3cccc(Cl)c3)c2C(F)(F)F)CC1. The molecule has 1 aromatic carbocycles. The van der Waals surface area contributed by atoms with Crippen molar-refractivity contribution in [3.8, 4) is 5.69 Å². The van der Waals surface area contributed by atoms with Crippen LogP contribution in [0.5, 0.6) is 0 Å². The Balaban J connectivity index is 1.77. The second kappa shape index (κ2) is 9.17. The Kier molecular flexibility index (Phi) is 6.97. The fourth-order valence-corrected chi connectivity index (χ4v) is 5.25. The molecule has 1 aliphatic rings. The monoisotopic (exact) mass is 478 g/mol. The summed E-state index contributed by atoms with van der Waals surface area (Å²) in [6.07, 6.45) is -2.82. The minimum Gasteiger partial charge on any atom is -0.349 e. The zero-order chi connectivity index (χ0) is 22.8. The van der Waals surface area contributed by atoms with Crippen LogP contribution in [0.25, 0.3) is 5.69 Å². The zero-order valence-electron chi connectivity index (χ0n) is 16.7. The smallest absolute Gasteiger partial charge is 0.349 e. The maximum atomic E-state index is 13.8. The fourth-order valence-electron chi connectivity index (χ4n) is 3.52. The normalized spacial score (nSPS) is 16.4. The molecule has 1 fully saturated rings. The van der Waals surface area contributed by atoms with E-state index in [-0.39, 0.29) is 29.6 Å². The number of sulfonamides is 1. The van der Waals surface area contributed by atoms with Gasteiger partial charge in [-0.1, -0.05) is 24.6 Å². The van der Waals surface area contributed by atoms with E-state index in [4.69, 9.17) is 11.6 Å². The first-order valence-corrected chi connectivity index (χ1v) is 11.7. The number of aromatic nitrogens is 2. The van der Waals surface area contributed by atoms with E-state index >= 15 is 0 Å². The summed E-state index contributed by atoms with van der Waals surface area (Å²) in [6.45, 7) is 2.19. The number of hydrogen-bond donors (Lipinski definition) is 1. The third-order valence-electron chi connectivity index (χ3n) is 4.98. The number of nitrogens with one attached hydrogen (secondary N) is 1. The lowest BCUT2D eigenvalue weighted by Gasteiger charge is -2.31. The van der Waals surface area contributed by atoms with E-state index in [2.05, 4.69) is 10.4 Å². The molecule has 0 aliphatic carbocycles. The molecule has 2 aromatic rings. The molecule has 170 valence electrons. The van der Waals surface area contributed by atoms with Crippen LogP contribution in [-0.2, 0) is 16.2 Å². The molecule has 0 unspecified atom stereocenters. The van der Waals surface area contributed by atoms with Crippen LogP contribution in [0.2, 0.25) is 5.02 Å². The topological polar surface area (TPSA) is 84.3 Å². The quantitative estimate of drug-likeness (QED) is 0.689. The van der Waals surface area contributed by atoms with Crippen LogP contribution in [0.3, 0.4) is 0 Å². The minimum absolute atomic E-state index is 0.0433. The van der Waals surface area contributed by atoms with Crippen molar-refractivity contribution in [3.05, 3.63) is 46.7 Å². The number of benzene rings is 1. The van der Waals surface area contributed by atoms with Gasteiger partial charge in [-0.2, -0.15) is 18.3 Å². The lowest BCUT2D eigenvalue weighted by molar-refractivity contribution is -0.143. The first kappa shape index (κ1) is 23.6. The van der Waals surface area contributed by atoms with Gasteiger partial charge >= 0.3 is 6.18 Å². The molecule has 7 nitrogen and oxygen atoms in total. The van der Waals surface area contributed by atoms with Gasteiger partial charge in [0, 0.05) is 24.2 Å². The maximum absolute atomic E-state index is 13.8. The molecule has 0 bridgehead atoms. The van der Waals surface area contributed by atoms with E-state index in [1.54, 1.807) is 6.92 Å². The van der Waals surface area contributed by atoms with Crippen molar-refractivity contribution in [2.75, 3.05) is 18.8 Å². The Morgan fingerprint density at radius 2 is 1.97 bits per heavy atom. The highest BCUT2D eigenvalue weighted by atomic mass is 35.5.